The number of hydrogen-bond donors (Lipinski definition) is 1. The molecule has 0 saturated heterocycles. The lowest BCUT2D eigenvalue weighted by Gasteiger charge is -2.09. The summed E-state index contributed by atoms with van der Waals surface area (Å²) in [5.74, 6) is 0.828. The Labute approximate surface area is 203 Å². The highest BCUT2D eigenvalue weighted by atomic mass is 35.5. The van der Waals surface area contributed by atoms with Crippen LogP contribution in [0.25, 0.3) is 0 Å². The molecule has 7 heteroatoms. The molecule has 5 nitrogen and oxygen atoms in total. The van der Waals surface area contributed by atoms with Crippen molar-refractivity contribution in [3.8, 4) is 5.75 Å². The van der Waals surface area contributed by atoms with Gasteiger partial charge in [-0.25, -0.2) is 4.99 Å². The van der Waals surface area contributed by atoms with Gasteiger partial charge >= 0.3 is 0 Å². The van der Waals surface area contributed by atoms with E-state index in [2.05, 4.69) is 31.3 Å². The number of aryl methyl sites for hydroxylation is 2. The maximum Gasteiger partial charge on any atom is 0.234 e. The third kappa shape index (κ3) is 5.83. The fraction of sp³-hybridized carbons (Fsp3) is 0.192. The molecule has 0 radical (unpaired) electrons. The number of fused-ring (bicyclic) bond motifs is 1. The first kappa shape index (κ1) is 23.1. The van der Waals surface area contributed by atoms with Crippen LogP contribution >= 0.6 is 23.4 Å². The largest absolute Gasteiger partial charge is 0.497 e. The number of carbonyl (C=O) groups excluding carboxylic acids is 1. The molecule has 33 heavy (non-hydrogen) atoms. The van der Waals surface area contributed by atoms with Gasteiger partial charge in [0.25, 0.3) is 0 Å². The normalized spacial score (nSPS) is 12.8. The Kier molecular flexibility index (Phi) is 7.16. The lowest BCUT2D eigenvalue weighted by Crippen LogP contribution is -2.16. The first-order valence-corrected chi connectivity index (χ1v) is 11.9. The van der Waals surface area contributed by atoms with Gasteiger partial charge in [0.1, 0.15) is 5.75 Å². The SMILES string of the molecule is COc1cccc(NC(=O)CSC2=Nc3cc(C)c(C)cc3N=C(c3ccc(Cl)cc3)C2)c1. The topological polar surface area (TPSA) is 63.0 Å². The zero-order valence-electron chi connectivity index (χ0n) is 18.7. The van der Waals surface area contributed by atoms with Crippen molar-refractivity contribution in [1.82, 2.24) is 0 Å². The number of methoxy groups -OCH3 is 1. The monoisotopic (exact) mass is 477 g/mol. The molecule has 1 heterocycles. The van der Waals surface area contributed by atoms with Crippen molar-refractivity contribution >= 4 is 57.1 Å². The summed E-state index contributed by atoms with van der Waals surface area (Å²) in [6, 6.07) is 19.1. The molecule has 1 aliphatic rings. The average Bonchev–Trinajstić information content (AvgIpc) is 2.97. The van der Waals surface area contributed by atoms with Crippen molar-refractivity contribution in [2.45, 2.75) is 20.3 Å². The molecule has 0 saturated carbocycles. The zero-order valence-corrected chi connectivity index (χ0v) is 20.3. The molecule has 0 unspecified atom stereocenters. The number of aliphatic imine (C=N–C) groups is 2. The van der Waals surface area contributed by atoms with Gasteiger partial charge < -0.3 is 10.1 Å². The predicted octanol–water partition coefficient (Wildman–Crippen LogP) is 6.89. The zero-order chi connectivity index (χ0) is 23.4. The van der Waals surface area contributed by atoms with Crippen LogP contribution in [0.4, 0.5) is 17.1 Å². The second kappa shape index (κ2) is 10.2. The van der Waals surface area contributed by atoms with E-state index in [4.69, 9.17) is 26.3 Å². The number of halogens is 1. The van der Waals surface area contributed by atoms with E-state index in [1.54, 1.807) is 13.2 Å². The first-order chi connectivity index (χ1) is 15.9. The fourth-order valence-corrected chi connectivity index (χ4v) is 4.30. The van der Waals surface area contributed by atoms with Gasteiger partial charge in [0.05, 0.1) is 35.0 Å². The second-order valence-electron chi connectivity index (χ2n) is 7.74. The number of nitrogens with zero attached hydrogens (tertiary/aromatic N) is 2. The number of anilines is 1. The van der Waals surface area contributed by atoms with E-state index in [9.17, 15) is 4.79 Å². The average molecular weight is 478 g/mol. The van der Waals surface area contributed by atoms with Gasteiger partial charge in [-0.15, -0.1) is 11.8 Å². The molecule has 0 fully saturated rings. The lowest BCUT2D eigenvalue weighted by molar-refractivity contribution is -0.113. The minimum absolute atomic E-state index is 0.106. The van der Waals surface area contributed by atoms with Gasteiger partial charge in [0, 0.05) is 23.2 Å². The third-order valence-electron chi connectivity index (χ3n) is 5.31. The fourth-order valence-electron chi connectivity index (χ4n) is 3.41. The third-order valence-corrected chi connectivity index (χ3v) is 6.54. The molecule has 0 aliphatic carbocycles. The minimum atomic E-state index is -0.106. The summed E-state index contributed by atoms with van der Waals surface area (Å²) in [5.41, 5.74) is 6.55. The van der Waals surface area contributed by atoms with Crippen LogP contribution in [0.15, 0.2) is 70.6 Å². The Morgan fingerprint density at radius 1 is 1.03 bits per heavy atom. The highest BCUT2D eigenvalue weighted by Gasteiger charge is 2.18. The van der Waals surface area contributed by atoms with E-state index >= 15 is 0 Å². The summed E-state index contributed by atoms with van der Waals surface area (Å²) in [6.45, 7) is 4.13. The molecular formula is C26H24ClN3O2S. The Balaban J connectivity index is 1.56. The summed E-state index contributed by atoms with van der Waals surface area (Å²) in [7, 11) is 1.60. The highest BCUT2D eigenvalue weighted by molar-refractivity contribution is 8.14. The summed E-state index contributed by atoms with van der Waals surface area (Å²) in [6.07, 6.45) is 0.533. The van der Waals surface area contributed by atoms with E-state index in [0.717, 1.165) is 38.8 Å². The van der Waals surface area contributed by atoms with E-state index < -0.39 is 0 Å². The molecular weight excluding hydrogens is 454 g/mol. The first-order valence-electron chi connectivity index (χ1n) is 10.5. The van der Waals surface area contributed by atoms with Crippen LogP contribution in [-0.2, 0) is 4.79 Å². The number of nitrogens with one attached hydrogen (secondary N) is 1. The summed E-state index contributed by atoms with van der Waals surface area (Å²) < 4.78 is 5.22. The molecule has 4 rings (SSSR count). The van der Waals surface area contributed by atoms with Gasteiger partial charge in [-0.2, -0.15) is 0 Å². The molecule has 0 atom stereocenters. The Bertz CT molecular complexity index is 1250. The van der Waals surface area contributed by atoms with Crippen LogP contribution < -0.4 is 10.1 Å². The van der Waals surface area contributed by atoms with Crippen LogP contribution in [-0.4, -0.2) is 29.5 Å². The van der Waals surface area contributed by atoms with Crippen LogP contribution in [0.3, 0.4) is 0 Å². The van der Waals surface area contributed by atoms with Gasteiger partial charge in [-0.1, -0.05) is 29.8 Å². The van der Waals surface area contributed by atoms with Crippen molar-refractivity contribution in [3.05, 3.63) is 82.4 Å². The summed E-state index contributed by atoms with van der Waals surface area (Å²) in [5, 5.41) is 4.43. The van der Waals surface area contributed by atoms with E-state index in [0.29, 0.717) is 22.9 Å². The van der Waals surface area contributed by atoms with E-state index in [1.165, 1.54) is 11.8 Å². The summed E-state index contributed by atoms with van der Waals surface area (Å²) in [4.78, 5) is 22.4. The van der Waals surface area contributed by atoms with Gasteiger partial charge in [-0.3, -0.25) is 9.79 Å². The number of thioether (sulfide) groups is 1. The number of carbonyl (C=O) groups is 1. The van der Waals surface area contributed by atoms with E-state index in [-0.39, 0.29) is 11.7 Å². The van der Waals surface area contributed by atoms with Crippen LogP contribution in [0.5, 0.6) is 5.75 Å². The molecule has 1 N–H and O–H groups in total. The lowest BCUT2D eigenvalue weighted by atomic mass is 10.1. The van der Waals surface area contributed by atoms with Crippen molar-refractivity contribution in [2.24, 2.45) is 9.98 Å². The Morgan fingerprint density at radius 3 is 2.42 bits per heavy atom. The van der Waals surface area contributed by atoms with Crippen LogP contribution in [0.2, 0.25) is 5.02 Å². The van der Waals surface area contributed by atoms with E-state index in [1.807, 2.05) is 42.5 Å². The number of ether oxygens (including phenoxy) is 1. The van der Waals surface area contributed by atoms with Crippen molar-refractivity contribution in [2.75, 3.05) is 18.2 Å². The molecule has 168 valence electrons. The molecule has 1 aliphatic heterocycles. The van der Waals surface area contributed by atoms with Crippen molar-refractivity contribution in [3.63, 3.8) is 0 Å². The molecule has 0 bridgehead atoms. The second-order valence-corrected chi connectivity index (χ2v) is 9.23. The van der Waals surface area contributed by atoms with Crippen molar-refractivity contribution in [1.29, 1.82) is 0 Å². The molecule has 3 aromatic rings. The molecule has 0 spiro atoms. The summed E-state index contributed by atoms with van der Waals surface area (Å²) >= 11 is 7.50. The number of benzene rings is 3. The predicted molar refractivity (Wildman–Crippen MR) is 139 cm³/mol. The van der Waals surface area contributed by atoms with Crippen LogP contribution in [0, 0.1) is 13.8 Å². The van der Waals surface area contributed by atoms with Gasteiger partial charge in [0.15, 0.2) is 0 Å². The minimum Gasteiger partial charge on any atom is -0.497 e. The Hall–Kier alpha value is -3.09. The number of amides is 1. The highest BCUT2D eigenvalue weighted by Crippen LogP contribution is 2.36. The van der Waals surface area contributed by atoms with Crippen molar-refractivity contribution < 1.29 is 9.53 Å². The molecule has 1 amide bonds. The number of rotatable bonds is 5. The smallest absolute Gasteiger partial charge is 0.234 e. The Morgan fingerprint density at radius 2 is 1.73 bits per heavy atom. The maximum absolute atomic E-state index is 12.6. The van der Waals surface area contributed by atoms with Gasteiger partial charge in [0.2, 0.25) is 5.91 Å². The maximum atomic E-state index is 12.6. The van der Waals surface area contributed by atoms with Gasteiger partial charge in [-0.05, 0) is 66.9 Å². The van der Waals surface area contributed by atoms with Crippen LogP contribution in [0.1, 0.15) is 23.1 Å². The standard InChI is InChI=1S/C26H24ClN3O2S/c1-16-11-23-24(12-17(16)2)30-26(14-22(29-23)18-7-9-19(27)10-8-18)33-15-25(31)28-20-5-4-6-21(13-20)32-3/h4-13H,14-15H2,1-3H3,(H,28,31). The quantitative estimate of drug-likeness (QED) is 0.435. The number of hydrogen-bond acceptors (Lipinski definition) is 5. The molecule has 0 aromatic heterocycles. The molecule has 3 aromatic carbocycles.